The standard InChI is InChI=1S/C18H19FN2O2/c19-13-9-11-14(12-10-13)21-17-7-4-5-15(17)16(20-21)6-2-1-3-8-18(22)23/h2,6,9-12H,1,3-5,7-8H2,(H,22,23). The smallest absolute Gasteiger partial charge is 0.303 e. The van der Waals surface area contributed by atoms with Crippen LogP contribution in [0.15, 0.2) is 30.3 Å². The molecule has 1 aliphatic rings. The first kappa shape index (κ1) is 15.5. The number of fused-ring (bicyclic) bond motifs is 1. The second-order valence-electron chi connectivity index (χ2n) is 5.74. The van der Waals surface area contributed by atoms with Crippen LogP contribution in [0.2, 0.25) is 0 Å². The molecule has 4 nitrogen and oxygen atoms in total. The van der Waals surface area contributed by atoms with Gasteiger partial charge in [0.25, 0.3) is 0 Å². The summed E-state index contributed by atoms with van der Waals surface area (Å²) in [6.45, 7) is 0. The van der Waals surface area contributed by atoms with Crippen molar-refractivity contribution < 1.29 is 14.3 Å². The Kier molecular flexibility index (Phi) is 4.55. The summed E-state index contributed by atoms with van der Waals surface area (Å²) in [5.74, 6) is -1.02. The van der Waals surface area contributed by atoms with Crippen LogP contribution < -0.4 is 0 Å². The van der Waals surface area contributed by atoms with Crippen molar-refractivity contribution in [3.8, 4) is 5.69 Å². The van der Waals surface area contributed by atoms with Gasteiger partial charge in [0.05, 0.1) is 11.4 Å². The Hall–Kier alpha value is -2.43. The number of halogens is 1. The number of benzene rings is 1. The van der Waals surface area contributed by atoms with E-state index in [1.54, 1.807) is 12.1 Å². The van der Waals surface area contributed by atoms with Crippen LogP contribution in [0.3, 0.4) is 0 Å². The Bertz CT molecular complexity index is 732. The highest BCUT2D eigenvalue weighted by molar-refractivity contribution is 5.66. The van der Waals surface area contributed by atoms with E-state index in [4.69, 9.17) is 5.11 Å². The van der Waals surface area contributed by atoms with Gasteiger partial charge in [-0.05, 0) is 62.4 Å². The SMILES string of the molecule is O=C(O)CCCC=Cc1nn(-c2ccc(F)cc2)c2c1CCC2. The van der Waals surface area contributed by atoms with Gasteiger partial charge < -0.3 is 5.11 Å². The summed E-state index contributed by atoms with van der Waals surface area (Å²) in [4.78, 5) is 10.5. The first-order chi connectivity index (χ1) is 11.1. The van der Waals surface area contributed by atoms with Crippen LogP contribution in [-0.4, -0.2) is 20.9 Å². The zero-order valence-corrected chi connectivity index (χ0v) is 12.8. The molecule has 0 radical (unpaired) electrons. The van der Waals surface area contributed by atoms with Crippen molar-refractivity contribution in [2.75, 3.05) is 0 Å². The molecule has 5 heteroatoms. The number of unbranched alkanes of at least 4 members (excludes halogenated alkanes) is 1. The summed E-state index contributed by atoms with van der Waals surface area (Å²) in [5.41, 5.74) is 4.26. The lowest BCUT2D eigenvalue weighted by Crippen LogP contribution is -2.01. The van der Waals surface area contributed by atoms with Gasteiger partial charge in [0.2, 0.25) is 0 Å². The van der Waals surface area contributed by atoms with Crippen LogP contribution >= 0.6 is 0 Å². The molecule has 1 heterocycles. The fourth-order valence-electron chi connectivity index (χ4n) is 2.96. The van der Waals surface area contributed by atoms with Gasteiger partial charge in [0.1, 0.15) is 5.82 Å². The first-order valence-electron chi connectivity index (χ1n) is 7.90. The van der Waals surface area contributed by atoms with Crippen molar-refractivity contribution in [3.05, 3.63) is 53.1 Å². The predicted molar refractivity (Wildman–Crippen MR) is 86.1 cm³/mol. The van der Waals surface area contributed by atoms with Gasteiger partial charge in [-0.15, -0.1) is 0 Å². The number of aliphatic carboxylic acids is 1. The Morgan fingerprint density at radius 2 is 2.09 bits per heavy atom. The van der Waals surface area contributed by atoms with E-state index < -0.39 is 5.97 Å². The van der Waals surface area contributed by atoms with Crippen molar-refractivity contribution >= 4 is 12.0 Å². The number of carboxylic acids is 1. The molecule has 120 valence electrons. The average Bonchev–Trinajstić information content (AvgIpc) is 3.11. The lowest BCUT2D eigenvalue weighted by atomic mass is 10.1. The third kappa shape index (κ3) is 3.50. The first-order valence-corrected chi connectivity index (χ1v) is 7.90. The fourth-order valence-corrected chi connectivity index (χ4v) is 2.96. The van der Waals surface area contributed by atoms with Crippen LogP contribution in [0.25, 0.3) is 11.8 Å². The third-order valence-corrected chi connectivity index (χ3v) is 4.07. The Morgan fingerprint density at radius 3 is 2.83 bits per heavy atom. The molecule has 1 aromatic carbocycles. The molecule has 0 spiro atoms. The largest absolute Gasteiger partial charge is 0.481 e. The molecular formula is C18H19FN2O2. The number of allylic oxidation sites excluding steroid dienone is 1. The van der Waals surface area contributed by atoms with Crippen molar-refractivity contribution in [1.82, 2.24) is 9.78 Å². The molecule has 0 unspecified atom stereocenters. The molecule has 0 saturated heterocycles. The number of hydrogen-bond donors (Lipinski definition) is 1. The van der Waals surface area contributed by atoms with Gasteiger partial charge in [-0.25, -0.2) is 9.07 Å². The van der Waals surface area contributed by atoms with Crippen LogP contribution in [0.5, 0.6) is 0 Å². The molecule has 1 N–H and O–H groups in total. The lowest BCUT2D eigenvalue weighted by Gasteiger charge is -2.04. The Labute approximate surface area is 134 Å². The monoisotopic (exact) mass is 314 g/mol. The van der Waals surface area contributed by atoms with E-state index >= 15 is 0 Å². The molecule has 0 bridgehead atoms. The van der Waals surface area contributed by atoms with Gasteiger partial charge in [0, 0.05) is 17.7 Å². The summed E-state index contributed by atoms with van der Waals surface area (Å²) in [7, 11) is 0. The maximum Gasteiger partial charge on any atom is 0.303 e. The molecule has 0 amide bonds. The Balaban J connectivity index is 1.80. The number of aromatic nitrogens is 2. The molecule has 0 aliphatic heterocycles. The minimum atomic E-state index is -0.764. The van der Waals surface area contributed by atoms with E-state index in [0.29, 0.717) is 6.42 Å². The second-order valence-corrected chi connectivity index (χ2v) is 5.74. The van der Waals surface area contributed by atoms with Gasteiger partial charge in [-0.1, -0.05) is 6.08 Å². The van der Waals surface area contributed by atoms with Crippen LogP contribution in [0, 0.1) is 5.82 Å². The van der Waals surface area contributed by atoms with E-state index in [-0.39, 0.29) is 12.2 Å². The lowest BCUT2D eigenvalue weighted by molar-refractivity contribution is -0.137. The number of rotatable bonds is 6. The molecule has 0 atom stereocenters. The summed E-state index contributed by atoms with van der Waals surface area (Å²) in [5, 5.41) is 13.3. The minimum Gasteiger partial charge on any atom is -0.481 e. The van der Waals surface area contributed by atoms with E-state index in [1.807, 2.05) is 16.8 Å². The molecule has 1 aromatic heterocycles. The number of carboxylic acid groups (broad SMARTS) is 1. The summed E-state index contributed by atoms with van der Waals surface area (Å²) < 4.78 is 15.0. The van der Waals surface area contributed by atoms with Gasteiger partial charge in [0.15, 0.2) is 0 Å². The van der Waals surface area contributed by atoms with E-state index in [9.17, 15) is 9.18 Å². The fraction of sp³-hybridized carbons (Fsp3) is 0.333. The summed E-state index contributed by atoms with van der Waals surface area (Å²) >= 11 is 0. The number of hydrogen-bond acceptors (Lipinski definition) is 2. The topological polar surface area (TPSA) is 55.1 Å². The maximum absolute atomic E-state index is 13.1. The zero-order chi connectivity index (χ0) is 16.2. The number of carbonyl (C=O) groups is 1. The van der Waals surface area contributed by atoms with Crippen LogP contribution in [0.4, 0.5) is 4.39 Å². The Morgan fingerprint density at radius 1 is 1.30 bits per heavy atom. The summed E-state index contributed by atoms with van der Waals surface area (Å²) in [6, 6.07) is 6.36. The highest BCUT2D eigenvalue weighted by Gasteiger charge is 2.21. The van der Waals surface area contributed by atoms with E-state index in [2.05, 4.69) is 5.10 Å². The maximum atomic E-state index is 13.1. The molecule has 0 fully saturated rings. The van der Waals surface area contributed by atoms with Crippen molar-refractivity contribution in [3.63, 3.8) is 0 Å². The molecule has 0 saturated carbocycles. The second kappa shape index (κ2) is 6.77. The predicted octanol–water partition coefficient (Wildman–Crippen LogP) is 3.77. The highest BCUT2D eigenvalue weighted by Crippen LogP contribution is 2.28. The highest BCUT2D eigenvalue weighted by atomic mass is 19.1. The van der Waals surface area contributed by atoms with Crippen LogP contribution in [-0.2, 0) is 17.6 Å². The van der Waals surface area contributed by atoms with Crippen molar-refractivity contribution in [2.24, 2.45) is 0 Å². The third-order valence-electron chi connectivity index (χ3n) is 4.07. The molecule has 2 aromatic rings. The molecular weight excluding hydrogens is 295 g/mol. The number of nitrogens with zero attached hydrogens (tertiary/aromatic N) is 2. The van der Waals surface area contributed by atoms with E-state index in [0.717, 1.165) is 37.1 Å². The molecule has 23 heavy (non-hydrogen) atoms. The minimum absolute atomic E-state index is 0.187. The van der Waals surface area contributed by atoms with Gasteiger partial charge >= 0.3 is 5.97 Å². The molecule has 1 aliphatic carbocycles. The zero-order valence-electron chi connectivity index (χ0n) is 12.8. The quantitative estimate of drug-likeness (QED) is 0.826. The van der Waals surface area contributed by atoms with Crippen molar-refractivity contribution in [2.45, 2.75) is 38.5 Å². The van der Waals surface area contributed by atoms with Gasteiger partial charge in [-0.3, -0.25) is 4.79 Å². The average molecular weight is 314 g/mol. The van der Waals surface area contributed by atoms with Crippen molar-refractivity contribution in [1.29, 1.82) is 0 Å². The van der Waals surface area contributed by atoms with Crippen LogP contribution in [0.1, 0.15) is 42.6 Å². The van der Waals surface area contributed by atoms with E-state index in [1.165, 1.54) is 23.4 Å². The molecule has 3 rings (SSSR count). The van der Waals surface area contributed by atoms with Gasteiger partial charge in [-0.2, -0.15) is 5.10 Å². The summed E-state index contributed by atoms with van der Waals surface area (Å²) in [6.07, 6.45) is 8.60. The normalized spacial score (nSPS) is 13.6.